The maximum Gasteiger partial charge on any atom is 0.416 e. The van der Waals surface area contributed by atoms with Crippen LogP contribution in [0.2, 0.25) is 0 Å². The molecule has 2 aliphatic carbocycles. The Morgan fingerprint density at radius 2 is 1.95 bits per heavy atom. The monoisotopic (exact) mass is 299 g/mol. The van der Waals surface area contributed by atoms with Gasteiger partial charge in [0.1, 0.15) is 11.6 Å². The van der Waals surface area contributed by atoms with Gasteiger partial charge >= 0.3 is 6.18 Å². The third-order valence-electron chi connectivity index (χ3n) is 3.93. The van der Waals surface area contributed by atoms with Gasteiger partial charge in [0.25, 0.3) is 0 Å². The third kappa shape index (κ3) is 3.60. The highest BCUT2D eigenvalue weighted by atomic mass is 19.4. The minimum Gasteiger partial charge on any atom is -0.370 e. The number of hydrogen-bond acceptors (Lipinski definition) is 3. The van der Waals surface area contributed by atoms with Crippen LogP contribution in [0.1, 0.15) is 38.2 Å². The summed E-state index contributed by atoms with van der Waals surface area (Å²) < 4.78 is 39.2. The molecule has 1 heterocycles. The molecule has 0 spiro atoms. The fourth-order valence-electron chi connectivity index (χ4n) is 2.49. The average Bonchev–Trinajstić information content (AvgIpc) is 3.27. The highest BCUT2D eigenvalue weighted by molar-refractivity contribution is 5.52. The summed E-state index contributed by atoms with van der Waals surface area (Å²) in [5, 5.41) is 2.91. The Hall–Kier alpha value is -1.46. The molecule has 3 nitrogen and oxygen atoms in total. The van der Waals surface area contributed by atoms with Crippen LogP contribution < -0.4 is 10.2 Å². The van der Waals surface area contributed by atoms with E-state index in [4.69, 9.17) is 0 Å². The second-order valence-corrected chi connectivity index (χ2v) is 5.95. The summed E-state index contributed by atoms with van der Waals surface area (Å²) in [6, 6.07) is 2.66. The largest absolute Gasteiger partial charge is 0.416 e. The Labute approximate surface area is 122 Å². The van der Waals surface area contributed by atoms with Crippen molar-refractivity contribution < 1.29 is 13.2 Å². The van der Waals surface area contributed by atoms with E-state index in [1.165, 1.54) is 18.9 Å². The van der Waals surface area contributed by atoms with Crippen LogP contribution >= 0.6 is 0 Å². The molecule has 0 saturated heterocycles. The molecule has 0 atom stereocenters. The van der Waals surface area contributed by atoms with Crippen LogP contribution in [0.25, 0.3) is 0 Å². The molecule has 2 aliphatic rings. The Morgan fingerprint density at radius 3 is 2.48 bits per heavy atom. The Bertz CT molecular complexity index is 507. The number of nitrogens with one attached hydrogen (secondary N) is 1. The van der Waals surface area contributed by atoms with Crippen molar-refractivity contribution in [1.29, 1.82) is 0 Å². The van der Waals surface area contributed by atoms with Gasteiger partial charge in [0.2, 0.25) is 0 Å². The van der Waals surface area contributed by atoms with Crippen molar-refractivity contribution in [3.05, 3.63) is 17.7 Å². The van der Waals surface area contributed by atoms with Gasteiger partial charge in [-0.15, -0.1) is 0 Å². The minimum atomic E-state index is -4.34. The molecule has 0 radical (unpaired) electrons. The molecular formula is C15H20F3N3. The standard InChI is InChI=1S/C15H20F3N3/c1-2-19-13-7-11(15(16,17)18)8-14(20-13)21(12-5-6-12)9-10-3-4-10/h7-8,10,12H,2-6,9H2,1H3,(H,19,20). The molecule has 1 N–H and O–H groups in total. The van der Waals surface area contributed by atoms with E-state index in [1.807, 2.05) is 6.92 Å². The van der Waals surface area contributed by atoms with Gasteiger partial charge in [0, 0.05) is 19.1 Å². The van der Waals surface area contributed by atoms with Gasteiger partial charge in [-0.2, -0.15) is 13.2 Å². The minimum absolute atomic E-state index is 0.309. The van der Waals surface area contributed by atoms with Crippen LogP contribution in [0.5, 0.6) is 0 Å². The number of aromatic nitrogens is 1. The molecule has 116 valence electrons. The Kier molecular flexibility index (Phi) is 3.71. The number of nitrogens with zero attached hydrogens (tertiary/aromatic N) is 2. The molecule has 21 heavy (non-hydrogen) atoms. The molecule has 2 fully saturated rings. The maximum absolute atomic E-state index is 13.1. The van der Waals surface area contributed by atoms with Crippen LogP contribution in [0, 0.1) is 5.92 Å². The summed E-state index contributed by atoms with van der Waals surface area (Å²) in [6.45, 7) is 3.24. The van der Waals surface area contributed by atoms with Gasteiger partial charge in [-0.05, 0) is 50.7 Å². The fraction of sp³-hybridized carbons (Fsp3) is 0.667. The molecule has 0 unspecified atom stereocenters. The lowest BCUT2D eigenvalue weighted by Crippen LogP contribution is -2.29. The Morgan fingerprint density at radius 1 is 1.24 bits per heavy atom. The first-order chi connectivity index (χ1) is 9.97. The van der Waals surface area contributed by atoms with E-state index in [0.717, 1.165) is 25.5 Å². The summed E-state index contributed by atoms with van der Waals surface area (Å²) in [5.41, 5.74) is -0.620. The zero-order chi connectivity index (χ0) is 15.0. The molecule has 0 bridgehead atoms. The number of halogens is 3. The first-order valence-corrected chi connectivity index (χ1v) is 7.57. The van der Waals surface area contributed by atoms with E-state index in [0.29, 0.717) is 30.1 Å². The number of anilines is 2. The molecule has 3 rings (SSSR count). The van der Waals surface area contributed by atoms with Crippen molar-refractivity contribution in [3.63, 3.8) is 0 Å². The van der Waals surface area contributed by atoms with Gasteiger partial charge in [0.05, 0.1) is 5.56 Å². The average molecular weight is 299 g/mol. The van der Waals surface area contributed by atoms with Crippen LogP contribution in [-0.4, -0.2) is 24.1 Å². The van der Waals surface area contributed by atoms with E-state index in [-0.39, 0.29) is 0 Å². The summed E-state index contributed by atoms with van der Waals surface area (Å²) in [6.07, 6.45) is 0.142. The number of rotatable bonds is 6. The lowest BCUT2D eigenvalue weighted by molar-refractivity contribution is -0.137. The van der Waals surface area contributed by atoms with Crippen molar-refractivity contribution in [2.45, 2.75) is 44.8 Å². The molecule has 0 aromatic carbocycles. The summed E-state index contributed by atoms with van der Waals surface area (Å²) in [5.74, 6) is 1.41. The lowest BCUT2D eigenvalue weighted by Gasteiger charge is -2.25. The fourth-order valence-corrected chi connectivity index (χ4v) is 2.49. The van der Waals surface area contributed by atoms with Crippen molar-refractivity contribution in [2.75, 3.05) is 23.3 Å². The second kappa shape index (κ2) is 5.39. The third-order valence-corrected chi connectivity index (χ3v) is 3.93. The van der Waals surface area contributed by atoms with Crippen molar-refractivity contribution in [1.82, 2.24) is 4.98 Å². The summed E-state index contributed by atoms with van der Waals surface area (Å²) in [4.78, 5) is 6.47. The van der Waals surface area contributed by atoms with Gasteiger partial charge < -0.3 is 10.2 Å². The highest BCUT2D eigenvalue weighted by Crippen LogP contribution is 2.39. The molecule has 1 aromatic rings. The molecule has 0 amide bonds. The van der Waals surface area contributed by atoms with Crippen LogP contribution in [0.15, 0.2) is 12.1 Å². The van der Waals surface area contributed by atoms with Gasteiger partial charge in [0.15, 0.2) is 0 Å². The topological polar surface area (TPSA) is 28.2 Å². The number of hydrogen-bond donors (Lipinski definition) is 1. The van der Waals surface area contributed by atoms with Crippen molar-refractivity contribution >= 4 is 11.6 Å². The molecule has 0 aliphatic heterocycles. The number of alkyl halides is 3. The highest BCUT2D eigenvalue weighted by Gasteiger charge is 2.37. The van der Waals surface area contributed by atoms with Crippen molar-refractivity contribution in [2.24, 2.45) is 5.92 Å². The molecule has 1 aromatic heterocycles. The SMILES string of the molecule is CCNc1cc(C(F)(F)F)cc(N(CC2CC2)C2CC2)n1. The first-order valence-electron chi connectivity index (χ1n) is 7.57. The zero-order valence-electron chi connectivity index (χ0n) is 12.1. The maximum atomic E-state index is 13.1. The Balaban J connectivity index is 1.92. The van der Waals surface area contributed by atoms with E-state index in [1.54, 1.807) is 0 Å². The molecule has 6 heteroatoms. The van der Waals surface area contributed by atoms with E-state index in [9.17, 15) is 13.2 Å². The van der Waals surface area contributed by atoms with Crippen LogP contribution in [0.4, 0.5) is 24.8 Å². The van der Waals surface area contributed by atoms with Gasteiger partial charge in [-0.25, -0.2) is 4.98 Å². The van der Waals surface area contributed by atoms with Crippen LogP contribution in [0.3, 0.4) is 0 Å². The smallest absolute Gasteiger partial charge is 0.370 e. The normalized spacial score (nSPS) is 18.7. The first kappa shape index (κ1) is 14.5. The van der Waals surface area contributed by atoms with Crippen LogP contribution in [-0.2, 0) is 6.18 Å². The van der Waals surface area contributed by atoms with E-state index >= 15 is 0 Å². The summed E-state index contributed by atoms with van der Waals surface area (Å²) >= 11 is 0. The lowest BCUT2D eigenvalue weighted by atomic mass is 10.2. The summed E-state index contributed by atoms with van der Waals surface area (Å²) in [7, 11) is 0. The van der Waals surface area contributed by atoms with E-state index < -0.39 is 11.7 Å². The second-order valence-electron chi connectivity index (χ2n) is 5.95. The predicted octanol–water partition coefficient (Wildman–Crippen LogP) is 3.91. The van der Waals surface area contributed by atoms with E-state index in [2.05, 4.69) is 15.2 Å². The molecular weight excluding hydrogens is 279 g/mol. The molecule has 2 saturated carbocycles. The van der Waals surface area contributed by atoms with Crippen molar-refractivity contribution in [3.8, 4) is 0 Å². The zero-order valence-corrected chi connectivity index (χ0v) is 12.1. The quantitative estimate of drug-likeness (QED) is 0.863. The predicted molar refractivity (Wildman–Crippen MR) is 76.5 cm³/mol. The van der Waals surface area contributed by atoms with Gasteiger partial charge in [-0.1, -0.05) is 0 Å². The van der Waals surface area contributed by atoms with Gasteiger partial charge in [-0.3, -0.25) is 0 Å². The number of pyridine rings is 1.